The van der Waals surface area contributed by atoms with Gasteiger partial charge in [0, 0.05) is 36.9 Å². The summed E-state index contributed by atoms with van der Waals surface area (Å²) in [5.74, 6) is -0.0611. The maximum Gasteiger partial charge on any atom is 0.270 e. The fraction of sp³-hybridized carbons (Fsp3) is 0.333. The molecule has 33 heavy (non-hydrogen) atoms. The van der Waals surface area contributed by atoms with E-state index in [1.54, 1.807) is 24.3 Å². The molecule has 1 aliphatic rings. The van der Waals surface area contributed by atoms with E-state index in [1.165, 1.54) is 39.3 Å². The summed E-state index contributed by atoms with van der Waals surface area (Å²) < 4.78 is 16.6. The van der Waals surface area contributed by atoms with E-state index < -0.39 is 29.0 Å². The summed E-state index contributed by atoms with van der Waals surface area (Å²) in [6, 6.07) is 9.06. The van der Waals surface area contributed by atoms with Crippen molar-refractivity contribution in [2.75, 3.05) is 14.2 Å². The van der Waals surface area contributed by atoms with Gasteiger partial charge in [-0.1, -0.05) is 11.6 Å². The number of nitriles is 1. The molecule has 0 saturated heterocycles. The van der Waals surface area contributed by atoms with Crippen molar-refractivity contribution in [3.8, 4) is 11.9 Å². The highest BCUT2D eigenvalue weighted by Gasteiger charge is 2.54. The Labute approximate surface area is 194 Å². The van der Waals surface area contributed by atoms with Crippen LogP contribution in [0, 0.1) is 21.6 Å². The molecule has 2 aromatic rings. The van der Waals surface area contributed by atoms with Crippen LogP contribution in [0.3, 0.4) is 0 Å². The van der Waals surface area contributed by atoms with Gasteiger partial charge >= 0.3 is 0 Å². The number of nitro benzene ring substituents is 1. The lowest BCUT2D eigenvalue weighted by molar-refractivity contribution is -0.385. The van der Waals surface area contributed by atoms with Gasteiger partial charge < -0.3 is 25.1 Å². The number of non-ortho nitro benzene ring substituents is 1. The molecule has 1 heterocycles. The summed E-state index contributed by atoms with van der Waals surface area (Å²) in [4.78, 5) is 16.0. The molecule has 0 bridgehead atoms. The molecule has 1 aliphatic heterocycles. The minimum atomic E-state index is -1.51. The summed E-state index contributed by atoms with van der Waals surface area (Å²) in [5.41, 5.74) is 4.98. The third-order valence-corrected chi connectivity index (χ3v) is 5.59. The zero-order chi connectivity index (χ0) is 24.3. The van der Waals surface area contributed by atoms with Crippen molar-refractivity contribution < 1.29 is 24.2 Å². The second-order valence-corrected chi connectivity index (χ2v) is 7.81. The van der Waals surface area contributed by atoms with Crippen molar-refractivity contribution in [2.45, 2.75) is 31.0 Å². The fourth-order valence-corrected chi connectivity index (χ4v) is 3.87. The lowest BCUT2D eigenvalue weighted by Gasteiger charge is -2.47. The van der Waals surface area contributed by atoms with Gasteiger partial charge in [0.25, 0.3) is 5.69 Å². The van der Waals surface area contributed by atoms with Crippen LogP contribution in [-0.2, 0) is 9.47 Å². The molecule has 0 aliphatic carbocycles. The van der Waals surface area contributed by atoms with Crippen molar-refractivity contribution in [1.29, 1.82) is 5.26 Å². The number of halogens is 1. The van der Waals surface area contributed by atoms with E-state index in [1.807, 2.05) is 6.19 Å². The van der Waals surface area contributed by atoms with Crippen LogP contribution in [0.4, 0.5) is 11.4 Å². The predicted octanol–water partition coefficient (Wildman–Crippen LogP) is 2.85. The van der Waals surface area contributed by atoms with E-state index in [-0.39, 0.29) is 23.0 Å². The largest absolute Gasteiger partial charge is 0.479 e. The van der Waals surface area contributed by atoms with Gasteiger partial charge in [-0.3, -0.25) is 10.1 Å². The highest BCUT2D eigenvalue weighted by atomic mass is 35.5. The van der Waals surface area contributed by atoms with E-state index in [0.29, 0.717) is 10.7 Å². The second kappa shape index (κ2) is 9.60. The van der Waals surface area contributed by atoms with Gasteiger partial charge in [0.1, 0.15) is 17.9 Å². The number of hydrogen-bond acceptors (Lipinski definition) is 8. The monoisotopic (exact) mass is 475 g/mol. The second-order valence-electron chi connectivity index (χ2n) is 7.37. The van der Waals surface area contributed by atoms with E-state index in [9.17, 15) is 20.5 Å². The van der Waals surface area contributed by atoms with Crippen LogP contribution in [0.2, 0.25) is 5.02 Å². The summed E-state index contributed by atoms with van der Waals surface area (Å²) in [6.07, 6.45) is -0.604. The lowest BCUT2D eigenvalue weighted by Crippen LogP contribution is -2.62. The number of methoxy groups -OCH3 is 2. The fourth-order valence-electron chi connectivity index (χ4n) is 3.74. The number of ether oxygens (including phenoxy) is 3. The average Bonchev–Trinajstić information content (AvgIpc) is 2.78. The zero-order valence-corrected chi connectivity index (χ0v) is 18.8. The molecule has 3 N–H and O–H groups in total. The Morgan fingerprint density at radius 1 is 1.36 bits per heavy atom. The Kier molecular flexibility index (Phi) is 7.04. The van der Waals surface area contributed by atoms with E-state index >= 15 is 0 Å². The average molecular weight is 476 g/mol. The van der Waals surface area contributed by atoms with Crippen molar-refractivity contribution in [2.24, 2.45) is 10.7 Å². The van der Waals surface area contributed by atoms with Crippen molar-refractivity contribution in [1.82, 2.24) is 4.90 Å². The van der Waals surface area contributed by atoms with Crippen LogP contribution in [0.25, 0.3) is 0 Å². The number of guanidine groups is 1. The Morgan fingerprint density at radius 2 is 2.00 bits per heavy atom. The summed E-state index contributed by atoms with van der Waals surface area (Å²) in [7, 11) is 2.74. The first kappa shape index (κ1) is 24.2. The highest BCUT2D eigenvalue weighted by Crippen LogP contribution is 2.46. The molecule has 0 aromatic heterocycles. The van der Waals surface area contributed by atoms with Gasteiger partial charge in [0.05, 0.1) is 10.6 Å². The molecule has 0 saturated carbocycles. The molecule has 0 fully saturated rings. The number of aliphatic imine (C=N–C) groups is 1. The Bertz CT molecular complexity index is 1100. The van der Waals surface area contributed by atoms with Gasteiger partial charge in [-0.15, -0.1) is 0 Å². The normalized spacial score (nSPS) is 22.3. The van der Waals surface area contributed by atoms with Gasteiger partial charge in [-0.25, -0.2) is 9.89 Å². The van der Waals surface area contributed by atoms with Crippen LogP contribution in [0.5, 0.6) is 5.75 Å². The first-order valence-corrected chi connectivity index (χ1v) is 10.0. The van der Waals surface area contributed by atoms with Crippen LogP contribution >= 0.6 is 11.6 Å². The Hall–Kier alpha value is -3.43. The number of aliphatic hydroxyl groups excluding tert-OH is 1. The summed E-state index contributed by atoms with van der Waals surface area (Å²) in [5, 5.41) is 33.2. The minimum absolute atomic E-state index is 0.177. The van der Waals surface area contributed by atoms with E-state index in [2.05, 4.69) is 4.99 Å². The topological polar surface area (TPSA) is 156 Å². The van der Waals surface area contributed by atoms with Crippen molar-refractivity contribution >= 4 is 28.9 Å². The molecular weight excluding hydrogens is 454 g/mol. The van der Waals surface area contributed by atoms with E-state index in [0.717, 1.165) is 4.90 Å². The van der Waals surface area contributed by atoms with Gasteiger partial charge in [-0.2, -0.15) is 5.26 Å². The van der Waals surface area contributed by atoms with Crippen LogP contribution in [0.15, 0.2) is 47.5 Å². The minimum Gasteiger partial charge on any atom is -0.479 e. The molecular formula is C21H22ClN5O6. The molecule has 12 heteroatoms. The lowest BCUT2D eigenvalue weighted by atomic mass is 9.83. The number of nitrogens with zero attached hydrogens (tertiary/aromatic N) is 4. The number of hydrogen-bond donors (Lipinski definition) is 2. The van der Waals surface area contributed by atoms with Crippen molar-refractivity contribution in [3.05, 3.63) is 63.2 Å². The maximum atomic E-state index is 11.4. The number of nitrogens with two attached hydrogens (primary N) is 1. The smallest absolute Gasteiger partial charge is 0.270 e. The number of fused-ring (bicyclic) bond motifs is 1. The molecule has 3 rings (SSSR count). The van der Waals surface area contributed by atoms with Gasteiger partial charge in [0.2, 0.25) is 5.96 Å². The number of nitro groups is 1. The molecule has 0 spiro atoms. The van der Waals surface area contributed by atoms with Crippen LogP contribution in [-0.4, -0.2) is 53.1 Å². The van der Waals surface area contributed by atoms with Crippen LogP contribution < -0.4 is 10.5 Å². The molecule has 3 atom stereocenters. The molecule has 0 radical (unpaired) electrons. The van der Waals surface area contributed by atoms with Gasteiger partial charge in [-0.05, 0) is 37.3 Å². The van der Waals surface area contributed by atoms with Gasteiger partial charge in [0.15, 0.2) is 18.1 Å². The molecule has 2 aromatic carbocycles. The first-order chi connectivity index (χ1) is 15.7. The quantitative estimate of drug-likeness (QED) is 0.122. The highest BCUT2D eigenvalue weighted by molar-refractivity contribution is 6.30. The number of benzene rings is 2. The maximum absolute atomic E-state index is 11.4. The number of rotatable bonds is 6. The zero-order valence-electron chi connectivity index (χ0n) is 18.0. The predicted molar refractivity (Wildman–Crippen MR) is 119 cm³/mol. The third kappa shape index (κ3) is 4.55. The Balaban J connectivity index is 2.16. The van der Waals surface area contributed by atoms with E-state index in [4.69, 9.17) is 31.5 Å². The summed E-state index contributed by atoms with van der Waals surface area (Å²) in [6.45, 7) is 1.54. The first-order valence-electron chi connectivity index (χ1n) is 9.66. The number of aliphatic hydroxyl groups is 1. The Morgan fingerprint density at radius 3 is 2.55 bits per heavy atom. The molecule has 0 amide bonds. The molecule has 174 valence electrons. The third-order valence-electron chi connectivity index (χ3n) is 5.34. The molecule has 11 nitrogen and oxygen atoms in total. The van der Waals surface area contributed by atoms with Crippen molar-refractivity contribution in [3.63, 3.8) is 0 Å². The summed E-state index contributed by atoms with van der Waals surface area (Å²) >= 11 is 5.90. The van der Waals surface area contributed by atoms with Crippen LogP contribution in [0.1, 0.15) is 18.5 Å². The SMILES string of the molecule is COC(OC)C1(C)Oc2ccc([N+](=O)[O-])cc2C(N(C#N)C(N)=Nc2ccc(Cl)cc2)C1O. The standard InChI is InChI=1S/C21H22ClN5O6/c1-21(19(31-2)32-3)18(28)17(15-10-14(27(29)30)8-9-16(15)33-21)26(11-23)20(24)25-13-6-4-12(22)5-7-13/h4-10,17-19,28H,1-3H3,(H2,24,25). The molecule has 3 unspecified atom stereocenters.